The Balaban J connectivity index is 1.70. The van der Waals surface area contributed by atoms with Crippen molar-refractivity contribution in [2.24, 2.45) is 0 Å². The van der Waals surface area contributed by atoms with Crippen LogP contribution in [0, 0.1) is 5.82 Å². The molecule has 0 saturated carbocycles. The van der Waals surface area contributed by atoms with Crippen LogP contribution in [-0.2, 0) is 4.79 Å². The highest BCUT2D eigenvalue weighted by atomic mass is 79.9. The van der Waals surface area contributed by atoms with Crippen LogP contribution in [0.25, 0.3) is 0 Å². The minimum Gasteiger partial charge on any atom is -0.490 e. The molecule has 0 atom stereocenters. The molecular formula is C14H13BrFN3O3. The maximum Gasteiger partial charge on any atom is 0.286 e. The van der Waals surface area contributed by atoms with Gasteiger partial charge in [-0.05, 0) is 34.1 Å². The molecule has 0 aliphatic rings. The molecule has 0 spiro atoms. The van der Waals surface area contributed by atoms with Gasteiger partial charge in [0.15, 0.2) is 11.6 Å². The number of H-pyrrole nitrogens is 1. The second-order valence-corrected chi connectivity index (χ2v) is 5.18. The number of aromatic amines is 1. The van der Waals surface area contributed by atoms with Gasteiger partial charge in [0, 0.05) is 10.7 Å². The molecule has 1 heterocycles. The summed E-state index contributed by atoms with van der Waals surface area (Å²) in [5.41, 5.74) is 4.80. The van der Waals surface area contributed by atoms with E-state index < -0.39 is 17.6 Å². The molecule has 0 saturated heterocycles. The summed E-state index contributed by atoms with van der Waals surface area (Å²) in [4.78, 5) is 25.9. The molecule has 116 valence electrons. The van der Waals surface area contributed by atoms with Gasteiger partial charge in [-0.1, -0.05) is 12.1 Å². The Labute approximate surface area is 134 Å². The summed E-state index contributed by atoms with van der Waals surface area (Å²) >= 11 is 3.20. The number of hydrogen-bond donors (Lipinski definition) is 3. The molecule has 8 heteroatoms. The van der Waals surface area contributed by atoms with Gasteiger partial charge in [0.1, 0.15) is 5.69 Å². The molecule has 2 aromatic rings. The molecule has 3 N–H and O–H groups in total. The SMILES string of the molecule is O=C(CCOc1ccccc1F)NNC(=O)c1cc(Br)c[nH]1. The summed E-state index contributed by atoms with van der Waals surface area (Å²) in [6, 6.07) is 7.49. The molecule has 6 nitrogen and oxygen atoms in total. The monoisotopic (exact) mass is 369 g/mol. The molecule has 0 unspecified atom stereocenters. The predicted molar refractivity (Wildman–Crippen MR) is 80.6 cm³/mol. The van der Waals surface area contributed by atoms with Crippen molar-refractivity contribution in [3.63, 3.8) is 0 Å². The second kappa shape index (κ2) is 7.60. The number of benzene rings is 1. The van der Waals surface area contributed by atoms with Crippen molar-refractivity contribution in [2.45, 2.75) is 6.42 Å². The minimum absolute atomic E-state index is 0.00329. The summed E-state index contributed by atoms with van der Waals surface area (Å²) in [6.45, 7) is -0.00329. The van der Waals surface area contributed by atoms with Crippen LogP contribution in [-0.4, -0.2) is 23.4 Å². The van der Waals surface area contributed by atoms with Gasteiger partial charge in [-0.25, -0.2) is 4.39 Å². The maximum absolute atomic E-state index is 13.3. The Morgan fingerprint density at radius 1 is 1.27 bits per heavy atom. The van der Waals surface area contributed by atoms with Crippen LogP contribution < -0.4 is 15.6 Å². The van der Waals surface area contributed by atoms with Crippen molar-refractivity contribution < 1.29 is 18.7 Å². The number of para-hydroxylation sites is 1. The van der Waals surface area contributed by atoms with E-state index in [0.717, 1.165) is 4.47 Å². The Bertz CT molecular complexity index is 675. The second-order valence-electron chi connectivity index (χ2n) is 4.26. The van der Waals surface area contributed by atoms with Gasteiger partial charge in [-0.2, -0.15) is 0 Å². The maximum atomic E-state index is 13.3. The zero-order chi connectivity index (χ0) is 15.9. The highest BCUT2D eigenvalue weighted by molar-refractivity contribution is 9.10. The third kappa shape index (κ3) is 4.59. The fourth-order valence-corrected chi connectivity index (χ4v) is 1.91. The Hall–Kier alpha value is -2.35. The number of hydrogen-bond acceptors (Lipinski definition) is 3. The van der Waals surface area contributed by atoms with Crippen molar-refractivity contribution in [1.82, 2.24) is 15.8 Å². The van der Waals surface area contributed by atoms with E-state index in [1.807, 2.05) is 0 Å². The Morgan fingerprint density at radius 3 is 2.73 bits per heavy atom. The number of halogens is 2. The van der Waals surface area contributed by atoms with E-state index in [1.54, 1.807) is 24.4 Å². The van der Waals surface area contributed by atoms with Crippen LogP contribution in [0.5, 0.6) is 5.75 Å². The molecule has 1 aromatic heterocycles. The van der Waals surface area contributed by atoms with Crippen molar-refractivity contribution in [2.75, 3.05) is 6.61 Å². The fraction of sp³-hybridized carbons (Fsp3) is 0.143. The fourth-order valence-electron chi connectivity index (χ4n) is 1.57. The largest absolute Gasteiger partial charge is 0.490 e. The van der Waals surface area contributed by atoms with E-state index in [2.05, 4.69) is 31.8 Å². The van der Waals surface area contributed by atoms with Crippen molar-refractivity contribution in [3.8, 4) is 5.75 Å². The van der Waals surface area contributed by atoms with Crippen LogP contribution >= 0.6 is 15.9 Å². The first-order valence-electron chi connectivity index (χ1n) is 6.36. The zero-order valence-electron chi connectivity index (χ0n) is 11.4. The van der Waals surface area contributed by atoms with E-state index in [1.165, 1.54) is 12.1 Å². The third-order valence-electron chi connectivity index (χ3n) is 2.63. The summed E-state index contributed by atoms with van der Waals surface area (Å²) in [7, 11) is 0. The Morgan fingerprint density at radius 2 is 2.05 bits per heavy atom. The molecule has 2 amide bonds. The number of aromatic nitrogens is 1. The van der Waals surface area contributed by atoms with Gasteiger partial charge in [-0.15, -0.1) is 0 Å². The van der Waals surface area contributed by atoms with Gasteiger partial charge in [0.05, 0.1) is 13.0 Å². The first-order valence-corrected chi connectivity index (χ1v) is 7.16. The van der Waals surface area contributed by atoms with Crippen molar-refractivity contribution in [1.29, 1.82) is 0 Å². The molecule has 0 aliphatic carbocycles. The predicted octanol–water partition coefficient (Wildman–Crippen LogP) is 2.15. The topological polar surface area (TPSA) is 83.2 Å². The van der Waals surface area contributed by atoms with E-state index in [-0.39, 0.29) is 18.8 Å². The smallest absolute Gasteiger partial charge is 0.286 e. The van der Waals surface area contributed by atoms with E-state index in [0.29, 0.717) is 5.69 Å². The third-order valence-corrected chi connectivity index (χ3v) is 3.09. The number of rotatable bonds is 5. The lowest BCUT2D eigenvalue weighted by Gasteiger charge is -2.08. The number of hydrazine groups is 1. The van der Waals surface area contributed by atoms with Crippen LogP contribution in [0.15, 0.2) is 41.0 Å². The molecule has 0 radical (unpaired) electrons. The first kappa shape index (κ1) is 16.0. The minimum atomic E-state index is -0.492. The molecule has 0 fully saturated rings. The summed E-state index contributed by atoms with van der Waals surface area (Å²) in [5.74, 6) is -1.34. The molecule has 0 bridgehead atoms. The number of nitrogens with one attached hydrogen (secondary N) is 3. The highest BCUT2D eigenvalue weighted by Gasteiger charge is 2.09. The number of ether oxygens (including phenoxy) is 1. The van der Waals surface area contributed by atoms with Gasteiger partial charge >= 0.3 is 0 Å². The van der Waals surface area contributed by atoms with Crippen LogP contribution in [0.1, 0.15) is 16.9 Å². The summed E-state index contributed by atoms with van der Waals surface area (Å²) in [6.07, 6.45) is 1.57. The van der Waals surface area contributed by atoms with Gasteiger partial charge in [-0.3, -0.25) is 20.4 Å². The lowest BCUT2D eigenvalue weighted by atomic mass is 10.3. The quantitative estimate of drug-likeness (QED) is 0.706. The summed E-state index contributed by atoms with van der Waals surface area (Å²) < 4.78 is 19.1. The molecule has 1 aromatic carbocycles. The summed E-state index contributed by atoms with van der Waals surface area (Å²) in [5, 5.41) is 0. The average molecular weight is 370 g/mol. The van der Waals surface area contributed by atoms with E-state index in [4.69, 9.17) is 4.74 Å². The molecular weight excluding hydrogens is 357 g/mol. The first-order chi connectivity index (χ1) is 10.6. The molecule has 2 rings (SSSR count). The van der Waals surface area contributed by atoms with Gasteiger partial charge < -0.3 is 9.72 Å². The number of carbonyl (C=O) groups is 2. The van der Waals surface area contributed by atoms with E-state index in [9.17, 15) is 14.0 Å². The highest BCUT2D eigenvalue weighted by Crippen LogP contribution is 2.15. The van der Waals surface area contributed by atoms with Gasteiger partial charge in [0.25, 0.3) is 5.91 Å². The number of amides is 2. The lowest BCUT2D eigenvalue weighted by Crippen LogP contribution is -2.42. The normalized spacial score (nSPS) is 10.1. The standard InChI is InChI=1S/C14H13BrFN3O3/c15-9-7-11(17-8-9)14(21)19-18-13(20)5-6-22-12-4-2-1-3-10(12)16/h1-4,7-8,17H,5-6H2,(H,18,20)(H,19,21). The van der Waals surface area contributed by atoms with Crippen LogP contribution in [0.2, 0.25) is 0 Å². The zero-order valence-corrected chi connectivity index (χ0v) is 12.9. The molecule has 22 heavy (non-hydrogen) atoms. The average Bonchev–Trinajstić information content (AvgIpc) is 2.93. The van der Waals surface area contributed by atoms with Crippen molar-refractivity contribution in [3.05, 3.63) is 52.5 Å². The van der Waals surface area contributed by atoms with E-state index >= 15 is 0 Å². The lowest BCUT2D eigenvalue weighted by molar-refractivity contribution is -0.122. The van der Waals surface area contributed by atoms with Crippen LogP contribution in [0.3, 0.4) is 0 Å². The van der Waals surface area contributed by atoms with Crippen LogP contribution in [0.4, 0.5) is 4.39 Å². The van der Waals surface area contributed by atoms with Gasteiger partial charge in [0.2, 0.25) is 5.91 Å². The Kier molecular flexibility index (Phi) is 5.54. The number of carbonyl (C=O) groups excluding carboxylic acids is 2. The van der Waals surface area contributed by atoms with Crippen molar-refractivity contribution >= 4 is 27.7 Å². The molecule has 0 aliphatic heterocycles.